The van der Waals surface area contributed by atoms with E-state index in [2.05, 4.69) is 14.3 Å². The molecule has 1 fully saturated rings. The van der Waals surface area contributed by atoms with Gasteiger partial charge in [-0.25, -0.2) is 9.37 Å². The van der Waals surface area contributed by atoms with Crippen LogP contribution >= 0.6 is 23.1 Å². The molecule has 0 atom stereocenters. The highest BCUT2D eigenvalue weighted by Crippen LogP contribution is 2.21. The highest BCUT2D eigenvalue weighted by atomic mass is 35.5. The van der Waals surface area contributed by atoms with Crippen LogP contribution in [0.1, 0.15) is 28.2 Å². The van der Waals surface area contributed by atoms with Crippen LogP contribution in [0.15, 0.2) is 48.5 Å². The van der Waals surface area contributed by atoms with Crippen LogP contribution in [0.5, 0.6) is 0 Å². The third-order valence-electron chi connectivity index (χ3n) is 4.86. The molecular weight excluding hydrogens is 411 g/mol. The van der Waals surface area contributed by atoms with Gasteiger partial charge in [-0.2, -0.15) is 4.37 Å². The summed E-state index contributed by atoms with van der Waals surface area (Å²) in [5.41, 5.74) is 1.50. The average Bonchev–Trinajstić information content (AvgIpc) is 3.04. The summed E-state index contributed by atoms with van der Waals surface area (Å²) in [6.45, 7) is 2.70. The number of anilines is 1. The van der Waals surface area contributed by atoms with Gasteiger partial charge in [-0.1, -0.05) is 29.8 Å². The number of halogens is 2. The van der Waals surface area contributed by atoms with Gasteiger partial charge in [0.15, 0.2) is 0 Å². The largest absolute Gasteiger partial charge is 0.345 e. The lowest BCUT2D eigenvalue weighted by atomic mass is 10.1. The van der Waals surface area contributed by atoms with Crippen LogP contribution in [0, 0.1) is 5.82 Å². The van der Waals surface area contributed by atoms with Crippen LogP contribution < -0.4 is 4.90 Å². The summed E-state index contributed by atoms with van der Waals surface area (Å²) in [7, 11) is 0. The molecule has 5 nitrogen and oxygen atoms in total. The van der Waals surface area contributed by atoms with Gasteiger partial charge < -0.3 is 9.80 Å². The van der Waals surface area contributed by atoms with Crippen LogP contribution in [-0.4, -0.2) is 46.3 Å². The van der Waals surface area contributed by atoms with Gasteiger partial charge in [0.05, 0.1) is 0 Å². The molecule has 0 radical (unpaired) electrons. The summed E-state index contributed by atoms with van der Waals surface area (Å²) in [6.07, 6.45) is 1.48. The number of carbonyl (C=O) groups is 1. The zero-order valence-electron chi connectivity index (χ0n) is 15.7. The van der Waals surface area contributed by atoms with Crippen LogP contribution in [0.3, 0.4) is 0 Å². The second-order valence-corrected chi connectivity index (χ2v) is 8.11. The van der Waals surface area contributed by atoms with Crippen LogP contribution in [0.25, 0.3) is 0 Å². The van der Waals surface area contributed by atoms with Crippen molar-refractivity contribution in [2.24, 2.45) is 0 Å². The summed E-state index contributed by atoms with van der Waals surface area (Å²) in [6, 6.07) is 13.5. The molecule has 1 aliphatic rings. The highest BCUT2D eigenvalue weighted by Gasteiger charge is 2.22. The molecule has 29 heavy (non-hydrogen) atoms. The van der Waals surface area contributed by atoms with E-state index < -0.39 is 5.82 Å². The van der Waals surface area contributed by atoms with Crippen molar-refractivity contribution in [3.63, 3.8) is 0 Å². The Morgan fingerprint density at radius 1 is 1.10 bits per heavy atom. The molecule has 0 bridgehead atoms. The molecule has 0 N–H and O–H groups in total. The van der Waals surface area contributed by atoms with Crippen molar-refractivity contribution in [1.29, 1.82) is 0 Å². The van der Waals surface area contributed by atoms with E-state index in [0.717, 1.165) is 29.5 Å². The molecule has 1 aliphatic heterocycles. The van der Waals surface area contributed by atoms with E-state index in [1.165, 1.54) is 23.7 Å². The molecule has 0 saturated carbocycles. The van der Waals surface area contributed by atoms with E-state index in [4.69, 9.17) is 11.6 Å². The maximum atomic E-state index is 13.4. The number of hydrogen-bond acceptors (Lipinski definition) is 5. The van der Waals surface area contributed by atoms with Crippen molar-refractivity contribution in [3.05, 3.63) is 76.3 Å². The normalized spacial score (nSPS) is 14.7. The molecule has 2 aromatic carbocycles. The SMILES string of the molecule is O=C(c1cccc(F)c1)N1CCCN(c2nc(Cc3ccc(Cl)cc3)ns2)CC1. The fourth-order valence-electron chi connectivity index (χ4n) is 3.35. The average molecular weight is 431 g/mol. The first-order chi connectivity index (χ1) is 14.1. The van der Waals surface area contributed by atoms with Crippen molar-refractivity contribution >= 4 is 34.2 Å². The van der Waals surface area contributed by atoms with Crippen molar-refractivity contribution in [2.45, 2.75) is 12.8 Å². The number of amides is 1. The Labute approximate surface area is 177 Å². The van der Waals surface area contributed by atoms with Gasteiger partial charge in [-0.15, -0.1) is 0 Å². The lowest BCUT2D eigenvalue weighted by Crippen LogP contribution is -2.35. The maximum Gasteiger partial charge on any atom is 0.254 e. The summed E-state index contributed by atoms with van der Waals surface area (Å²) in [5.74, 6) is 0.255. The van der Waals surface area contributed by atoms with Crippen molar-refractivity contribution < 1.29 is 9.18 Å². The fraction of sp³-hybridized carbons (Fsp3) is 0.286. The Kier molecular flexibility index (Phi) is 6.06. The lowest BCUT2D eigenvalue weighted by molar-refractivity contribution is 0.0766. The van der Waals surface area contributed by atoms with Crippen molar-refractivity contribution in [3.8, 4) is 0 Å². The Morgan fingerprint density at radius 3 is 2.72 bits per heavy atom. The third kappa shape index (κ3) is 4.92. The molecule has 0 spiro atoms. The Balaban J connectivity index is 1.39. The molecule has 1 aromatic heterocycles. The number of carbonyl (C=O) groups excluding carboxylic acids is 1. The predicted molar refractivity (Wildman–Crippen MR) is 113 cm³/mol. The quantitative estimate of drug-likeness (QED) is 0.620. The summed E-state index contributed by atoms with van der Waals surface area (Å²) < 4.78 is 17.9. The van der Waals surface area contributed by atoms with Crippen molar-refractivity contribution in [2.75, 3.05) is 31.1 Å². The zero-order chi connectivity index (χ0) is 20.2. The van der Waals surface area contributed by atoms with E-state index in [0.29, 0.717) is 36.6 Å². The fourth-order valence-corrected chi connectivity index (χ4v) is 4.21. The monoisotopic (exact) mass is 430 g/mol. The van der Waals surface area contributed by atoms with Crippen LogP contribution in [-0.2, 0) is 6.42 Å². The minimum absolute atomic E-state index is 0.132. The summed E-state index contributed by atoms with van der Waals surface area (Å²) >= 11 is 7.32. The maximum absolute atomic E-state index is 13.4. The van der Waals surface area contributed by atoms with E-state index in [1.807, 2.05) is 24.3 Å². The minimum Gasteiger partial charge on any atom is -0.345 e. The second-order valence-electron chi connectivity index (χ2n) is 6.94. The zero-order valence-corrected chi connectivity index (χ0v) is 17.3. The number of rotatable bonds is 4. The second kappa shape index (κ2) is 8.88. The Hall–Kier alpha value is -2.51. The smallest absolute Gasteiger partial charge is 0.254 e. The number of nitrogens with zero attached hydrogens (tertiary/aromatic N) is 4. The molecule has 1 saturated heterocycles. The van der Waals surface area contributed by atoms with Crippen LogP contribution in [0.4, 0.5) is 9.52 Å². The topological polar surface area (TPSA) is 49.3 Å². The Morgan fingerprint density at radius 2 is 1.93 bits per heavy atom. The van der Waals surface area contributed by atoms with Gasteiger partial charge in [0.1, 0.15) is 11.6 Å². The van der Waals surface area contributed by atoms with Crippen molar-refractivity contribution in [1.82, 2.24) is 14.3 Å². The standard InChI is InChI=1S/C21H20ClFN4OS/c22-17-7-5-15(6-8-17)13-19-24-21(29-25-19)27-10-2-9-26(11-12-27)20(28)16-3-1-4-18(23)14-16/h1,3-8,14H,2,9-13H2. The van der Waals surface area contributed by atoms with Gasteiger partial charge in [-0.3, -0.25) is 4.79 Å². The number of benzene rings is 2. The molecule has 4 rings (SSSR count). The third-order valence-corrected chi connectivity index (χ3v) is 5.92. The first-order valence-electron chi connectivity index (χ1n) is 9.45. The molecule has 0 aliphatic carbocycles. The van der Waals surface area contributed by atoms with Gasteiger partial charge in [0.2, 0.25) is 5.13 Å². The van der Waals surface area contributed by atoms with Gasteiger partial charge >= 0.3 is 0 Å². The molecule has 150 valence electrons. The highest BCUT2D eigenvalue weighted by molar-refractivity contribution is 7.09. The molecule has 2 heterocycles. The molecule has 3 aromatic rings. The summed E-state index contributed by atoms with van der Waals surface area (Å²) in [5, 5.41) is 1.58. The molecule has 0 unspecified atom stereocenters. The van der Waals surface area contributed by atoms with Crippen LogP contribution in [0.2, 0.25) is 5.02 Å². The van der Waals surface area contributed by atoms with E-state index in [9.17, 15) is 9.18 Å². The first-order valence-corrected chi connectivity index (χ1v) is 10.6. The molecule has 8 heteroatoms. The van der Waals surface area contributed by atoms with E-state index in [-0.39, 0.29) is 5.91 Å². The minimum atomic E-state index is -0.394. The van der Waals surface area contributed by atoms with Gasteiger partial charge in [-0.05, 0) is 42.3 Å². The van der Waals surface area contributed by atoms with Gasteiger partial charge in [0, 0.05) is 54.7 Å². The summed E-state index contributed by atoms with van der Waals surface area (Å²) in [4.78, 5) is 21.3. The predicted octanol–water partition coefficient (Wildman–Crippen LogP) is 4.27. The first kappa shape index (κ1) is 19.8. The molecule has 1 amide bonds. The Bertz CT molecular complexity index is 994. The van der Waals surface area contributed by atoms with Gasteiger partial charge in [0.25, 0.3) is 5.91 Å². The van der Waals surface area contributed by atoms with E-state index in [1.54, 1.807) is 17.0 Å². The van der Waals surface area contributed by atoms with E-state index >= 15 is 0 Å². The lowest BCUT2D eigenvalue weighted by Gasteiger charge is -2.21. The number of aromatic nitrogens is 2. The molecular formula is C21H20ClFN4OS. The number of hydrogen-bond donors (Lipinski definition) is 0.